The van der Waals surface area contributed by atoms with Crippen molar-refractivity contribution in [2.75, 3.05) is 20.4 Å². The van der Waals surface area contributed by atoms with Crippen molar-refractivity contribution >= 4 is 23.2 Å². The van der Waals surface area contributed by atoms with Gasteiger partial charge < -0.3 is 14.8 Å². The average Bonchev–Trinajstić information content (AvgIpc) is 2.84. The topological polar surface area (TPSA) is 30.5 Å². The van der Waals surface area contributed by atoms with Crippen LogP contribution in [0, 0.1) is 0 Å². The van der Waals surface area contributed by atoms with Crippen LogP contribution in [0.4, 0.5) is 0 Å². The van der Waals surface area contributed by atoms with Crippen molar-refractivity contribution < 1.29 is 9.47 Å². The third-order valence-corrected chi connectivity index (χ3v) is 3.65. The molecule has 1 atom stereocenters. The van der Waals surface area contributed by atoms with Crippen molar-refractivity contribution in [3.63, 3.8) is 0 Å². The van der Waals surface area contributed by atoms with Crippen LogP contribution < -0.4 is 10.1 Å². The predicted octanol–water partition coefficient (Wildman–Crippen LogP) is 3.40. The minimum absolute atomic E-state index is 0.206. The monoisotopic (exact) mass is 275 g/mol. The van der Waals surface area contributed by atoms with Crippen molar-refractivity contribution in [2.24, 2.45) is 0 Å². The van der Waals surface area contributed by atoms with Gasteiger partial charge >= 0.3 is 0 Å². The number of halogens is 2. The second-order valence-electron chi connectivity index (χ2n) is 3.97. The molecule has 1 N–H and O–H groups in total. The summed E-state index contributed by atoms with van der Waals surface area (Å²) in [5.74, 6) is 0.737. The first-order valence-electron chi connectivity index (χ1n) is 5.57. The molecular weight excluding hydrogens is 261 g/mol. The van der Waals surface area contributed by atoms with E-state index in [9.17, 15) is 0 Å². The van der Waals surface area contributed by atoms with Gasteiger partial charge in [-0.15, -0.1) is 0 Å². The van der Waals surface area contributed by atoms with Gasteiger partial charge in [0.2, 0.25) is 0 Å². The van der Waals surface area contributed by atoms with Crippen LogP contribution in [0.15, 0.2) is 12.1 Å². The van der Waals surface area contributed by atoms with E-state index in [0.29, 0.717) is 10.0 Å². The van der Waals surface area contributed by atoms with E-state index in [-0.39, 0.29) is 12.8 Å². The van der Waals surface area contributed by atoms with E-state index in [1.807, 2.05) is 6.07 Å². The SMILES string of the molecule is COCOc1ccc(Cl)c(Cl)c1C1CCCN1. The van der Waals surface area contributed by atoms with Crippen LogP contribution in [0.1, 0.15) is 24.4 Å². The number of hydrogen-bond donors (Lipinski definition) is 1. The van der Waals surface area contributed by atoms with Crippen LogP contribution in [0.5, 0.6) is 5.75 Å². The van der Waals surface area contributed by atoms with Crippen LogP contribution in [-0.4, -0.2) is 20.4 Å². The van der Waals surface area contributed by atoms with Gasteiger partial charge in [0.25, 0.3) is 0 Å². The molecule has 1 aliphatic heterocycles. The summed E-state index contributed by atoms with van der Waals surface area (Å²) in [6, 6.07) is 3.80. The summed E-state index contributed by atoms with van der Waals surface area (Å²) in [6.07, 6.45) is 2.18. The van der Waals surface area contributed by atoms with Gasteiger partial charge in [-0.25, -0.2) is 0 Å². The summed E-state index contributed by atoms with van der Waals surface area (Å²) in [5.41, 5.74) is 0.939. The molecule has 1 fully saturated rings. The summed E-state index contributed by atoms with van der Waals surface area (Å²) >= 11 is 12.3. The van der Waals surface area contributed by atoms with Gasteiger partial charge in [0, 0.05) is 18.7 Å². The molecular formula is C12H15Cl2NO2. The molecule has 1 unspecified atom stereocenters. The third kappa shape index (κ3) is 2.86. The molecule has 1 heterocycles. The summed E-state index contributed by atoms with van der Waals surface area (Å²) < 4.78 is 10.4. The maximum atomic E-state index is 6.26. The highest BCUT2D eigenvalue weighted by atomic mass is 35.5. The van der Waals surface area contributed by atoms with Gasteiger partial charge in [-0.2, -0.15) is 0 Å². The maximum absolute atomic E-state index is 6.26. The van der Waals surface area contributed by atoms with Crippen molar-refractivity contribution in [2.45, 2.75) is 18.9 Å². The van der Waals surface area contributed by atoms with Gasteiger partial charge in [-0.05, 0) is 31.5 Å². The van der Waals surface area contributed by atoms with Crippen LogP contribution in [0.3, 0.4) is 0 Å². The van der Waals surface area contributed by atoms with Gasteiger partial charge in [0.1, 0.15) is 5.75 Å². The van der Waals surface area contributed by atoms with E-state index >= 15 is 0 Å². The minimum Gasteiger partial charge on any atom is -0.467 e. The van der Waals surface area contributed by atoms with E-state index in [2.05, 4.69) is 5.32 Å². The largest absolute Gasteiger partial charge is 0.467 e. The standard InChI is InChI=1S/C12H15Cl2NO2/c1-16-7-17-10-5-4-8(13)12(14)11(10)9-3-2-6-15-9/h4-5,9,15H,2-3,6-7H2,1H3. The van der Waals surface area contributed by atoms with E-state index in [1.165, 1.54) is 0 Å². The Balaban J connectivity index is 2.33. The van der Waals surface area contributed by atoms with Gasteiger partial charge in [-0.3, -0.25) is 0 Å². The van der Waals surface area contributed by atoms with E-state index in [4.69, 9.17) is 32.7 Å². The fourth-order valence-electron chi connectivity index (χ4n) is 2.05. The molecule has 0 amide bonds. The Morgan fingerprint density at radius 2 is 2.24 bits per heavy atom. The summed E-state index contributed by atoms with van der Waals surface area (Å²) in [7, 11) is 1.59. The molecule has 94 valence electrons. The summed E-state index contributed by atoms with van der Waals surface area (Å²) in [5, 5.41) is 4.52. The van der Waals surface area contributed by atoms with Gasteiger partial charge in [0.15, 0.2) is 6.79 Å². The number of methoxy groups -OCH3 is 1. The molecule has 1 saturated heterocycles. The average molecular weight is 276 g/mol. The maximum Gasteiger partial charge on any atom is 0.188 e. The fraction of sp³-hybridized carbons (Fsp3) is 0.500. The molecule has 0 aromatic heterocycles. The van der Waals surface area contributed by atoms with Crippen LogP contribution in [0.25, 0.3) is 0 Å². The predicted molar refractivity (Wildman–Crippen MR) is 68.9 cm³/mol. The van der Waals surface area contributed by atoms with E-state index < -0.39 is 0 Å². The molecule has 17 heavy (non-hydrogen) atoms. The Labute approximate surface area is 111 Å². The zero-order valence-corrected chi connectivity index (χ0v) is 11.1. The van der Waals surface area contributed by atoms with E-state index in [1.54, 1.807) is 13.2 Å². The third-order valence-electron chi connectivity index (χ3n) is 2.83. The molecule has 0 bridgehead atoms. The normalized spacial score (nSPS) is 19.6. The van der Waals surface area contributed by atoms with Crippen LogP contribution in [0.2, 0.25) is 10.0 Å². The van der Waals surface area contributed by atoms with Crippen molar-refractivity contribution in [1.29, 1.82) is 0 Å². The highest BCUT2D eigenvalue weighted by molar-refractivity contribution is 6.42. The Bertz CT molecular complexity index is 392. The van der Waals surface area contributed by atoms with Crippen molar-refractivity contribution in [3.8, 4) is 5.75 Å². The Morgan fingerprint density at radius 1 is 1.41 bits per heavy atom. The number of rotatable bonds is 4. The molecule has 1 aromatic rings. The smallest absolute Gasteiger partial charge is 0.188 e. The quantitative estimate of drug-likeness (QED) is 0.855. The molecule has 1 aromatic carbocycles. The zero-order valence-electron chi connectivity index (χ0n) is 9.63. The number of hydrogen-bond acceptors (Lipinski definition) is 3. The lowest BCUT2D eigenvalue weighted by Gasteiger charge is -2.18. The highest BCUT2D eigenvalue weighted by Crippen LogP contribution is 2.40. The van der Waals surface area contributed by atoms with Crippen LogP contribution >= 0.6 is 23.2 Å². The second kappa shape index (κ2) is 5.91. The number of nitrogens with one attached hydrogen (secondary N) is 1. The first-order valence-corrected chi connectivity index (χ1v) is 6.32. The van der Waals surface area contributed by atoms with Crippen LogP contribution in [-0.2, 0) is 4.74 Å². The lowest BCUT2D eigenvalue weighted by atomic mass is 10.0. The lowest BCUT2D eigenvalue weighted by Crippen LogP contribution is -2.15. The molecule has 2 rings (SSSR count). The summed E-state index contributed by atoms with van der Waals surface area (Å²) in [4.78, 5) is 0. The van der Waals surface area contributed by atoms with Gasteiger partial charge in [0.05, 0.1) is 10.0 Å². The Kier molecular flexibility index (Phi) is 4.51. The molecule has 0 radical (unpaired) electrons. The Hall–Kier alpha value is -0.480. The fourth-order valence-corrected chi connectivity index (χ4v) is 2.51. The minimum atomic E-state index is 0.206. The number of ether oxygens (including phenoxy) is 2. The first kappa shape index (κ1) is 13.0. The Morgan fingerprint density at radius 3 is 2.88 bits per heavy atom. The molecule has 0 saturated carbocycles. The van der Waals surface area contributed by atoms with Crippen molar-refractivity contribution in [3.05, 3.63) is 27.7 Å². The summed E-state index contributed by atoms with van der Waals surface area (Å²) in [6.45, 7) is 1.20. The molecule has 5 heteroatoms. The van der Waals surface area contributed by atoms with E-state index in [0.717, 1.165) is 30.7 Å². The zero-order chi connectivity index (χ0) is 12.3. The molecule has 3 nitrogen and oxygen atoms in total. The lowest BCUT2D eigenvalue weighted by molar-refractivity contribution is 0.0501. The molecule has 0 aliphatic carbocycles. The second-order valence-corrected chi connectivity index (χ2v) is 4.76. The van der Waals surface area contributed by atoms with Crippen molar-refractivity contribution in [1.82, 2.24) is 5.32 Å². The number of benzene rings is 1. The molecule has 0 spiro atoms. The first-order chi connectivity index (χ1) is 8.24. The van der Waals surface area contributed by atoms with Gasteiger partial charge in [-0.1, -0.05) is 23.2 Å². The highest BCUT2D eigenvalue weighted by Gasteiger charge is 2.24. The molecule has 1 aliphatic rings.